The Bertz CT molecular complexity index is 981. The van der Waals surface area contributed by atoms with Gasteiger partial charge in [0.1, 0.15) is 0 Å². The van der Waals surface area contributed by atoms with Gasteiger partial charge < -0.3 is 8.92 Å². The Kier molecular flexibility index (Phi) is 4.98. The minimum Gasteiger partial charge on any atom is -0.461 e. The number of esters is 1. The first kappa shape index (κ1) is 20.0. The van der Waals surface area contributed by atoms with Gasteiger partial charge in [0.05, 0.1) is 11.5 Å². The van der Waals surface area contributed by atoms with Crippen LogP contribution in [0.4, 0.5) is 13.2 Å². The third kappa shape index (κ3) is 3.23. The first-order valence-electron chi connectivity index (χ1n) is 6.85. The highest BCUT2D eigenvalue weighted by atomic mass is 32.2. The molecule has 0 bridgehead atoms. The van der Waals surface area contributed by atoms with Crippen LogP contribution in [0.2, 0.25) is 0 Å². The fourth-order valence-electron chi connectivity index (χ4n) is 2.08. The van der Waals surface area contributed by atoms with Crippen molar-refractivity contribution in [2.75, 3.05) is 13.7 Å². The minimum absolute atomic E-state index is 0.239. The van der Waals surface area contributed by atoms with E-state index in [2.05, 4.69) is 8.92 Å². The van der Waals surface area contributed by atoms with Crippen molar-refractivity contribution >= 4 is 31.9 Å². The Morgan fingerprint density at radius 2 is 1.81 bits per heavy atom. The van der Waals surface area contributed by atoms with E-state index < -0.39 is 53.5 Å². The summed E-state index contributed by atoms with van der Waals surface area (Å²) in [4.78, 5) is 11.6. The number of hydrogen-bond acceptors (Lipinski definition) is 7. The van der Waals surface area contributed by atoms with E-state index in [0.717, 1.165) is 19.2 Å². The fraction of sp³-hybridized carbons (Fsp3) is 0.308. The van der Waals surface area contributed by atoms with Gasteiger partial charge in [-0.05, 0) is 19.1 Å². The van der Waals surface area contributed by atoms with E-state index >= 15 is 0 Å². The van der Waals surface area contributed by atoms with Crippen LogP contribution in [0.15, 0.2) is 34.9 Å². The van der Waals surface area contributed by atoms with Crippen LogP contribution in [0, 0.1) is 0 Å². The highest BCUT2D eigenvalue weighted by molar-refractivity contribution is 7.89. The molecule has 8 nitrogen and oxygen atoms in total. The molecule has 0 unspecified atom stereocenters. The number of carbonyl (C=O) groups excluding carboxylic acids is 1. The standard InChI is InChI=1S/C13H12F3NO7S2/c1-3-23-12(18)10-11(24-26(21,22)13(14,15)16)8-6-4-5-7-9(8)25(19,20)17(10)2/h4-7H,3H2,1-2H3. The summed E-state index contributed by atoms with van der Waals surface area (Å²) < 4.78 is 95.0. The van der Waals surface area contributed by atoms with Crippen molar-refractivity contribution in [3.8, 4) is 0 Å². The number of sulfonamides is 1. The van der Waals surface area contributed by atoms with Crippen LogP contribution in [0.25, 0.3) is 5.76 Å². The van der Waals surface area contributed by atoms with Crippen molar-refractivity contribution in [1.29, 1.82) is 0 Å². The SMILES string of the molecule is CCOC(=O)C1=C(OS(=O)(=O)C(F)(F)F)c2ccccc2S(=O)(=O)N1C. The van der Waals surface area contributed by atoms with Crippen LogP contribution in [0.3, 0.4) is 0 Å². The Morgan fingerprint density at radius 3 is 2.35 bits per heavy atom. The van der Waals surface area contributed by atoms with Gasteiger partial charge in [-0.2, -0.15) is 21.6 Å². The van der Waals surface area contributed by atoms with Crippen molar-refractivity contribution in [1.82, 2.24) is 4.31 Å². The Morgan fingerprint density at radius 1 is 1.23 bits per heavy atom. The summed E-state index contributed by atoms with van der Waals surface area (Å²) in [6, 6.07) is 4.56. The van der Waals surface area contributed by atoms with Gasteiger partial charge in [-0.25, -0.2) is 13.2 Å². The molecular weight excluding hydrogens is 403 g/mol. The van der Waals surface area contributed by atoms with Crippen LogP contribution in [0.5, 0.6) is 0 Å². The lowest BCUT2D eigenvalue weighted by Crippen LogP contribution is -2.37. The molecule has 1 aromatic carbocycles. The zero-order chi connectivity index (χ0) is 19.9. The second kappa shape index (κ2) is 6.46. The van der Waals surface area contributed by atoms with E-state index in [4.69, 9.17) is 0 Å². The van der Waals surface area contributed by atoms with Gasteiger partial charge in [0.15, 0.2) is 11.5 Å². The van der Waals surface area contributed by atoms with Crippen molar-refractivity contribution in [2.45, 2.75) is 17.3 Å². The highest BCUT2D eigenvalue weighted by Crippen LogP contribution is 2.39. The van der Waals surface area contributed by atoms with Crippen LogP contribution in [0.1, 0.15) is 12.5 Å². The molecule has 0 aromatic heterocycles. The van der Waals surface area contributed by atoms with Crippen molar-refractivity contribution < 1.29 is 43.7 Å². The average Bonchev–Trinajstić information content (AvgIpc) is 2.52. The maximum Gasteiger partial charge on any atom is 0.534 e. The molecule has 1 aliphatic heterocycles. The minimum atomic E-state index is -6.17. The number of nitrogens with zero attached hydrogens (tertiary/aromatic N) is 1. The van der Waals surface area contributed by atoms with Gasteiger partial charge >= 0.3 is 21.6 Å². The maximum absolute atomic E-state index is 12.7. The summed E-state index contributed by atoms with van der Waals surface area (Å²) in [5.41, 5.74) is -7.29. The van der Waals surface area contributed by atoms with Crippen LogP contribution < -0.4 is 0 Å². The van der Waals surface area contributed by atoms with Gasteiger partial charge in [-0.15, -0.1) is 0 Å². The van der Waals surface area contributed by atoms with Gasteiger partial charge in [0.2, 0.25) is 0 Å². The molecule has 0 aliphatic carbocycles. The second-order valence-electron chi connectivity index (χ2n) is 4.85. The monoisotopic (exact) mass is 415 g/mol. The second-order valence-corrected chi connectivity index (χ2v) is 8.33. The Hall–Kier alpha value is -2.28. The first-order valence-corrected chi connectivity index (χ1v) is 9.70. The summed E-state index contributed by atoms with van der Waals surface area (Å²) in [6.07, 6.45) is 0. The van der Waals surface area contributed by atoms with Crippen LogP contribution >= 0.6 is 0 Å². The third-order valence-electron chi connectivity index (χ3n) is 3.25. The molecule has 1 heterocycles. The lowest BCUT2D eigenvalue weighted by atomic mass is 10.1. The summed E-state index contributed by atoms with van der Waals surface area (Å²) in [7, 11) is -9.65. The molecule has 13 heteroatoms. The largest absolute Gasteiger partial charge is 0.534 e. The number of carbonyl (C=O) groups is 1. The molecule has 0 spiro atoms. The number of rotatable bonds is 4. The molecule has 2 rings (SSSR count). The number of benzene rings is 1. The number of fused-ring (bicyclic) bond motifs is 1. The van der Waals surface area contributed by atoms with E-state index in [1.165, 1.54) is 19.1 Å². The zero-order valence-electron chi connectivity index (χ0n) is 13.3. The van der Waals surface area contributed by atoms with Gasteiger partial charge in [0.25, 0.3) is 10.0 Å². The number of halogens is 3. The molecular formula is C13H12F3NO7S2. The Labute approximate surface area is 147 Å². The predicted octanol–water partition coefficient (Wildman–Crippen LogP) is 1.42. The molecule has 0 saturated heterocycles. The topological polar surface area (TPSA) is 107 Å². The summed E-state index contributed by atoms with van der Waals surface area (Å²) in [5, 5.41) is 0. The maximum atomic E-state index is 12.7. The predicted molar refractivity (Wildman–Crippen MR) is 81.0 cm³/mol. The molecule has 1 aliphatic rings. The van der Waals surface area contributed by atoms with Gasteiger partial charge in [-0.1, -0.05) is 12.1 Å². The molecule has 0 N–H and O–H groups in total. The van der Waals surface area contributed by atoms with Crippen molar-refractivity contribution in [3.63, 3.8) is 0 Å². The first-order chi connectivity index (χ1) is 11.8. The lowest BCUT2D eigenvalue weighted by Gasteiger charge is -2.29. The number of likely N-dealkylation sites (N-methyl/N-ethyl adjacent to an activating group) is 1. The molecule has 1 aromatic rings. The summed E-state index contributed by atoms with van der Waals surface area (Å²) in [6.45, 7) is 1.13. The zero-order valence-corrected chi connectivity index (χ0v) is 14.9. The highest BCUT2D eigenvalue weighted by Gasteiger charge is 2.51. The molecule has 0 fully saturated rings. The van der Waals surface area contributed by atoms with E-state index in [0.29, 0.717) is 4.31 Å². The lowest BCUT2D eigenvalue weighted by molar-refractivity contribution is -0.139. The van der Waals surface area contributed by atoms with Crippen molar-refractivity contribution in [2.24, 2.45) is 0 Å². The van der Waals surface area contributed by atoms with Crippen LogP contribution in [-0.2, 0) is 33.9 Å². The number of alkyl halides is 3. The smallest absolute Gasteiger partial charge is 0.461 e. The van der Waals surface area contributed by atoms with E-state index in [1.54, 1.807) is 0 Å². The molecule has 0 saturated carbocycles. The normalized spacial score (nSPS) is 16.9. The molecule has 26 heavy (non-hydrogen) atoms. The molecule has 0 atom stereocenters. The van der Waals surface area contributed by atoms with E-state index in [-0.39, 0.29) is 6.61 Å². The summed E-state index contributed by atoms with van der Waals surface area (Å²) in [5.74, 6) is -2.45. The van der Waals surface area contributed by atoms with Crippen molar-refractivity contribution in [3.05, 3.63) is 35.5 Å². The molecule has 144 valence electrons. The van der Waals surface area contributed by atoms with E-state index in [9.17, 15) is 34.8 Å². The fourth-order valence-corrected chi connectivity index (χ4v) is 3.94. The third-order valence-corrected chi connectivity index (χ3v) is 6.01. The Balaban J connectivity index is 2.83. The number of hydrogen-bond donors (Lipinski definition) is 0. The number of ether oxygens (including phenoxy) is 1. The van der Waals surface area contributed by atoms with Gasteiger partial charge in [0, 0.05) is 12.6 Å². The molecule has 0 amide bonds. The van der Waals surface area contributed by atoms with Gasteiger partial charge in [-0.3, -0.25) is 4.31 Å². The van der Waals surface area contributed by atoms with Crippen LogP contribution in [-0.4, -0.2) is 46.3 Å². The quantitative estimate of drug-likeness (QED) is 0.416. The molecule has 0 radical (unpaired) electrons. The average molecular weight is 415 g/mol. The summed E-state index contributed by atoms with van der Waals surface area (Å²) >= 11 is 0. The van der Waals surface area contributed by atoms with E-state index in [1.807, 2.05) is 0 Å².